The summed E-state index contributed by atoms with van der Waals surface area (Å²) >= 11 is 0. The second-order valence-electron chi connectivity index (χ2n) is 4.97. The predicted molar refractivity (Wildman–Crippen MR) is 65.4 cm³/mol. The van der Waals surface area contributed by atoms with Gasteiger partial charge >= 0.3 is 5.69 Å². The maximum atomic E-state index is 13.7. The minimum atomic E-state index is -1.46. The number of hydrogen-bond acceptors (Lipinski definition) is 3. The Kier molecular flexibility index (Phi) is 2.64. The number of hydrogen-bond donors (Lipinski definition) is 0. The van der Waals surface area contributed by atoms with Crippen LogP contribution in [0.1, 0.15) is 13.8 Å². The molecule has 0 fully saturated rings. The zero-order chi connectivity index (χ0) is 13.7. The van der Waals surface area contributed by atoms with Gasteiger partial charge in [0.1, 0.15) is 5.67 Å². The molecule has 2 aromatic rings. The van der Waals surface area contributed by atoms with Gasteiger partial charge in [-0.05, 0) is 13.8 Å². The van der Waals surface area contributed by atoms with Crippen LogP contribution in [0.5, 0.6) is 0 Å². The van der Waals surface area contributed by atoms with Crippen molar-refractivity contribution in [1.82, 2.24) is 18.7 Å². The molecular weight excluding hydrogens is 239 g/mol. The van der Waals surface area contributed by atoms with E-state index in [1.165, 1.54) is 43.4 Å². The van der Waals surface area contributed by atoms with Crippen LogP contribution in [0.2, 0.25) is 0 Å². The highest BCUT2D eigenvalue weighted by Gasteiger charge is 2.20. The second kappa shape index (κ2) is 3.79. The lowest BCUT2D eigenvalue weighted by Crippen LogP contribution is -2.38. The van der Waals surface area contributed by atoms with Gasteiger partial charge in [0.25, 0.3) is 5.56 Å². The Balaban J connectivity index is 2.82. The molecule has 0 saturated heterocycles. The molecule has 0 spiro atoms. The van der Waals surface area contributed by atoms with Gasteiger partial charge in [0, 0.05) is 14.1 Å². The molecule has 6 nitrogen and oxygen atoms in total. The summed E-state index contributed by atoms with van der Waals surface area (Å²) in [6, 6.07) is 0. The third-order valence-electron chi connectivity index (χ3n) is 2.76. The Bertz CT molecular complexity index is 717. The lowest BCUT2D eigenvalue weighted by Gasteiger charge is -2.15. The number of aromatic nitrogens is 4. The fourth-order valence-corrected chi connectivity index (χ4v) is 1.92. The molecule has 98 valence electrons. The SMILES string of the molecule is Cn1c(=O)c2c(ncn2CC(C)(C)F)n(C)c1=O. The Labute approximate surface area is 102 Å². The van der Waals surface area contributed by atoms with Crippen LogP contribution in [0, 0.1) is 0 Å². The van der Waals surface area contributed by atoms with Gasteiger partial charge in [-0.15, -0.1) is 0 Å². The van der Waals surface area contributed by atoms with Crippen LogP contribution in [0.3, 0.4) is 0 Å². The van der Waals surface area contributed by atoms with E-state index in [1.54, 1.807) is 0 Å². The minimum Gasteiger partial charge on any atom is -0.322 e. The van der Waals surface area contributed by atoms with Crippen LogP contribution in [0.25, 0.3) is 11.2 Å². The summed E-state index contributed by atoms with van der Waals surface area (Å²) < 4.78 is 17.4. The Morgan fingerprint density at radius 3 is 2.44 bits per heavy atom. The smallest absolute Gasteiger partial charge is 0.322 e. The molecular formula is C11H15FN4O2. The average molecular weight is 254 g/mol. The number of aryl methyl sites for hydroxylation is 1. The molecule has 0 N–H and O–H groups in total. The van der Waals surface area contributed by atoms with Crippen molar-refractivity contribution in [2.45, 2.75) is 26.1 Å². The first-order valence-corrected chi connectivity index (χ1v) is 5.52. The normalized spacial score (nSPS) is 12.3. The van der Waals surface area contributed by atoms with Gasteiger partial charge in [-0.2, -0.15) is 0 Å². The number of halogens is 1. The van der Waals surface area contributed by atoms with E-state index in [2.05, 4.69) is 4.98 Å². The first-order valence-electron chi connectivity index (χ1n) is 5.52. The summed E-state index contributed by atoms with van der Waals surface area (Å²) in [5.41, 5.74) is -1.86. The van der Waals surface area contributed by atoms with Crippen LogP contribution < -0.4 is 11.2 Å². The van der Waals surface area contributed by atoms with Crippen LogP contribution in [0.4, 0.5) is 4.39 Å². The summed E-state index contributed by atoms with van der Waals surface area (Å²) in [4.78, 5) is 27.7. The Morgan fingerprint density at radius 1 is 1.28 bits per heavy atom. The predicted octanol–water partition coefficient (Wildman–Crippen LogP) is 0.182. The number of nitrogens with zero attached hydrogens (tertiary/aromatic N) is 4. The maximum Gasteiger partial charge on any atom is 0.332 e. The van der Waals surface area contributed by atoms with Gasteiger partial charge in [0.15, 0.2) is 11.2 Å². The van der Waals surface area contributed by atoms with Gasteiger partial charge in [-0.3, -0.25) is 13.9 Å². The van der Waals surface area contributed by atoms with E-state index in [-0.39, 0.29) is 17.7 Å². The van der Waals surface area contributed by atoms with Crippen molar-refractivity contribution in [2.24, 2.45) is 14.1 Å². The van der Waals surface area contributed by atoms with E-state index < -0.39 is 16.9 Å². The monoisotopic (exact) mass is 254 g/mol. The number of alkyl halides is 1. The highest BCUT2D eigenvalue weighted by molar-refractivity contribution is 5.69. The molecule has 0 unspecified atom stereocenters. The van der Waals surface area contributed by atoms with Crippen molar-refractivity contribution in [3.8, 4) is 0 Å². The molecule has 7 heteroatoms. The quantitative estimate of drug-likeness (QED) is 0.768. The standard InChI is InChI=1S/C11H15FN4O2/c1-11(2,12)5-16-6-13-8-7(16)9(17)15(4)10(18)14(8)3/h6H,5H2,1-4H3. The lowest BCUT2D eigenvalue weighted by molar-refractivity contribution is 0.188. The van der Waals surface area contributed by atoms with Gasteiger partial charge in [0.2, 0.25) is 0 Å². The third kappa shape index (κ3) is 1.85. The van der Waals surface area contributed by atoms with Crippen molar-refractivity contribution in [3.05, 3.63) is 27.2 Å². The van der Waals surface area contributed by atoms with Gasteiger partial charge in [-0.1, -0.05) is 0 Å². The van der Waals surface area contributed by atoms with Crippen LogP contribution in [-0.2, 0) is 20.6 Å². The summed E-state index contributed by atoms with van der Waals surface area (Å²) in [6.45, 7) is 2.85. The molecule has 2 heterocycles. The molecule has 0 amide bonds. The topological polar surface area (TPSA) is 61.8 Å². The summed E-state index contributed by atoms with van der Waals surface area (Å²) in [6.07, 6.45) is 1.38. The zero-order valence-corrected chi connectivity index (χ0v) is 10.8. The third-order valence-corrected chi connectivity index (χ3v) is 2.76. The molecule has 2 aromatic heterocycles. The first-order chi connectivity index (χ1) is 8.22. The van der Waals surface area contributed by atoms with E-state index in [9.17, 15) is 14.0 Å². The fourth-order valence-electron chi connectivity index (χ4n) is 1.92. The van der Waals surface area contributed by atoms with Crippen molar-refractivity contribution < 1.29 is 4.39 Å². The van der Waals surface area contributed by atoms with E-state index in [4.69, 9.17) is 0 Å². The molecule has 0 aliphatic rings. The highest BCUT2D eigenvalue weighted by Crippen LogP contribution is 2.14. The van der Waals surface area contributed by atoms with Crippen molar-refractivity contribution in [2.75, 3.05) is 0 Å². The summed E-state index contributed by atoms with van der Waals surface area (Å²) in [7, 11) is 2.92. The molecule has 0 aliphatic heterocycles. The molecule has 0 bridgehead atoms. The fraction of sp³-hybridized carbons (Fsp3) is 0.545. The van der Waals surface area contributed by atoms with Crippen molar-refractivity contribution in [1.29, 1.82) is 0 Å². The summed E-state index contributed by atoms with van der Waals surface area (Å²) in [5.74, 6) is 0. The molecule has 0 saturated carbocycles. The molecule has 0 aliphatic carbocycles. The average Bonchev–Trinajstić information content (AvgIpc) is 2.65. The summed E-state index contributed by atoms with van der Waals surface area (Å²) in [5, 5.41) is 0. The zero-order valence-electron chi connectivity index (χ0n) is 10.8. The van der Waals surface area contributed by atoms with Crippen LogP contribution >= 0.6 is 0 Å². The Morgan fingerprint density at radius 2 is 1.89 bits per heavy atom. The van der Waals surface area contributed by atoms with Crippen LogP contribution in [-0.4, -0.2) is 24.4 Å². The molecule has 0 radical (unpaired) electrons. The number of rotatable bonds is 2. The molecule has 0 aromatic carbocycles. The Hall–Kier alpha value is -1.92. The second-order valence-corrected chi connectivity index (χ2v) is 4.97. The van der Waals surface area contributed by atoms with E-state index in [1.807, 2.05) is 0 Å². The maximum absolute atomic E-state index is 13.7. The van der Waals surface area contributed by atoms with Crippen molar-refractivity contribution >= 4 is 11.2 Å². The van der Waals surface area contributed by atoms with Gasteiger partial charge in [-0.25, -0.2) is 14.2 Å². The minimum absolute atomic E-state index is 0.0109. The molecule has 18 heavy (non-hydrogen) atoms. The molecule has 0 atom stereocenters. The number of fused-ring (bicyclic) bond motifs is 1. The first kappa shape index (κ1) is 12.5. The van der Waals surface area contributed by atoms with Gasteiger partial charge in [0.05, 0.1) is 12.9 Å². The van der Waals surface area contributed by atoms with Crippen LogP contribution in [0.15, 0.2) is 15.9 Å². The number of imidazole rings is 1. The lowest BCUT2D eigenvalue weighted by atomic mass is 10.2. The van der Waals surface area contributed by atoms with E-state index in [0.29, 0.717) is 0 Å². The van der Waals surface area contributed by atoms with Gasteiger partial charge < -0.3 is 4.57 Å². The molecule has 2 rings (SSSR count). The van der Waals surface area contributed by atoms with E-state index in [0.717, 1.165) is 4.57 Å². The van der Waals surface area contributed by atoms with Crippen molar-refractivity contribution in [3.63, 3.8) is 0 Å². The largest absolute Gasteiger partial charge is 0.332 e. The highest BCUT2D eigenvalue weighted by atomic mass is 19.1. The van der Waals surface area contributed by atoms with E-state index >= 15 is 0 Å².